The molecule has 2 aromatic heterocycles. The number of rotatable bonds is 4. The molecule has 0 spiro atoms. The van der Waals surface area contributed by atoms with Gasteiger partial charge in [-0.15, -0.1) is 11.3 Å². The third-order valence-corrected chi connectivity index (χ3v) is 11.6. The summed E-state index contributed by atoms with van der Waals surface area (Å²) in [7, 11) is 0. The van der Waals surface area contributed by atoms with Crippen LogP contribution in [0.5, 0.6) is 0 Å². The normalized spacial score (nSPS) is 27.3. The number of amides is 2. The second-order valence-corrected chi connectivity index (χ2v) is 13.7. The molecule has 1 aliphatic heterocycles. The van der Waals surface area contributed by atoms with Gasteiger partial charge in [-0.3, -0.25) is 19.0 Å². The van der Waals surface area contributed by atoms with E-state index in [1.807, 2.05) is 18.2 Å². The highest BCUT2D eigenvalue weighted by Gasteiger charge is 2.59. The third-order valence-electron chi connectivity index (χ3n) is 9.43. The molecule has 1 saturated carbocycles. The summed E-state index contributed by atoms with van der Waals surface area (Å²) < 4.78 is 3.86. The van der Waals surface area contributed by atoms with Crippen molar-refractivity contribution in [3.63, 3.8) is 0 Å². The van der Waals surface area contributed by atoms with Gasteiger partial charge in [0, 0.05) is 11.4 Å². The molecule has 8 rings (SSSR count). The standard InChI is InChI=1S/C30H29N3O3S2/c34-25(33-22-7-3-1-5-19(22)20-6-2-4-8-23(20)33)15-37-30-31-21-12-11-18(14-24(21)38-30)32-28(35)26-16-9-10-17(13-16)27(26)29(32)36/h9-12,14,16-17,26-27H,1-8,13,15H2/t16-,17-,26+,27+/m0/s1. The maximum atomic E-state index is 13.5. The molecule has 0 unspecified atom stereocenters. The highest BCUT2D eigenvalue weighted by molar-refractivity contribution is 8.01. The van der Waals surface area contributed by atoms with Crippen molar-refractivity contribution < 1.29 is 14.4 Å². The molecule has 194 valence electrons. The Hall–Kier alpha value is -2.71. The van der Waals surface area contributed by atoms with E-state index in [0.29, 0.717) is 11.4 Å². The number of thiazole rings is 1. The van der Waals surface area contributed by atoms with E-state index in [0.717, 1.165) is 59.5 Å². The molecular formula is C30H29N3O3S2. The molecule has 3 aromatic rings. The summed E-state index contributed by atoms with van der Waals surface area (Å²) in [6.07, 6.45) is 14.2. The van der Waals surface area contributed by atoms with Crippen molar-refractivity contribution in [1.82, 2.24) is 9.55 Å². The van der Waals surface area contributed by atoms with Crippen LogP contribution in [0.1, 0.15) is 59.4 Å². The lowest BCUT2D eigenvalue weighted by Crippen LogP contribution is -2.32. The first kappa shape index (κ1) is 23.2. The second kappa shape index (κ2) is 8.65. The quantitative estimate of drug-likeness (QED) is 0.243. The summed E-state index contributed by atoms with van der Waals surface area (Å²) in [5.74, 6) is 0.431. The van der Waals surface area contributed by atoms with Crippen LogP contribution in [-0.2, 0) is 35.3 Å². The van der Waals surface area contributed by atoms with Crippen LogP contribution in [0.3, 0.4) is 0 Å². The number of carbonyl (C=O) groups excluding carboxylic acids is 3. The fourth-order valence-corrected chi connectivity index (χ4v) is 9.78. The van der Waals surface area contributed by atoms with Gasteiger partial charge in [-0.05, 0) is 98.9 Å². The number of thioether (sulfide) groups is 1. The van der Waals surface area contributed by atoms with Crippen molar-refractivity contribution in [1.29, 1.82) is 0 Å². The summed E-state index contributed by atoms with van der Waals surface area (Å²) in [5.41, 5.74) is 6.97. The predicted molar refractivity (Wildman–Crippen MR) is 149 cm³/mol. The topological polar surface area (TPSA) is 72.3 Å². The number of hydrogen-bond donors (Lipinski definition) is 0. The SMILES string of the molecule is O=C1[C@H]2[C@H](C(=O)N1c1ccc3nc(SCC(=O)n4c5c(c6c4CCCC6)CCCC5)sc3c1)[C@H]1C=C[C@H]2C1. The fraction of sp³-hybridized carbons (Fsp3) is 0.467. The molecule has 2 fully saturated rings. The van der Waals surface area contributed by atoms with E-state index in [9.17, 15) is 14.4 Å². The summed E-state index contributed by atoms with van der Waals surface area (Å²) in [4.78, 5) is 46.2. The molecule has 5 aliphatic rings. The van der Waals surface area contributed by atoms with Gasteiger partial charge < -0.3 is 0 Å². The van der Waals surface area contributed by atoms with E-state index in [1.54, 1.807) is 0 Å². The maximum absolute atomic E-state index is 13.5. The molecule has 0 radical (unpaired) electrons. The Bertz CT molecular complexity index is 1500. The number of allylic oxidation sites excluding steroid dienone is 2. The first-order valence-electron chi connectivity index (χ1n) is 14.0. The fourth-order valence-electron chi connectivity index (χ4n) is 7.82. The van der Waals surface area contributed by atoms with Crippen LogP contribution in [0, 0.1) is 23.7 Å². The number of carbonyl (C=O) groups is 3. The molecule has 1 saturated heterocycles. The van der Waals surface area contributed by atoms with Crippen LogP contribution in [0.4, 0.5) is 5.69 Å². The van der Waals surface area contributed by atoms with Crippen molar-refractivity contribution >= 4 is 56.7 Å². The number of nitrogens with zero attached hydrogens (tertiary/aromatic N) is 3. The van der Waals surface area contributed by atoms with Crippen molar-refractivity contribution in [2.75, 3.05) is 10.7 Å². The van der Waals surface area contributed by atoms with Gasteiger partial charge >= 0.3 is 0 Å². The summed E-state index contributed by atoms with van der Waals surface area (Å²) in [5, 5.41) is 0. The van der Waals surface area contributed by atoms with Gasteiger partial charge in [0.15, 0.2) is 4.34 Å². The second-order valence-electron chi connectivity index (χ2n) is 11.4. The number of anilines is 1. The Labute approximate surface area is 229 Å². The highest BCUT2D eigenvalue weighted by atomic mass is 32.2. The summed E-state index contributed by atoms with van der Waals surface area (Å²) in [6, 6.07) is 5.66. The Balaban J connectivity index is 1.03. The van der Waals surface area contributed by atoms with Gasteiger partial charge in [0.2, 0.25) is 17.7 Å². The van der Waals surface area contributed by atoms with Crippen LogP contribution in [0.15, 0.2) is 34.7 Å². The Morgan fingerprint density at radius 3 is 2.21 bits per heavy atom. The van der Waals surface area contributed by atoms with Crippen LogP contribution < -0.4 is 4.90 Å². The predicted octanol–water partition coefficient (Wildman–Crippen LogP) is 5.60. The van der Waals surface area contributed by atoms with Crippen molar-refractivity contribution in [3.05, 3.63) is 52.9 Å². The van der Waals surface area contributed by atoms with E-state index in [4.69, 9.17) is 4.98 Å². The van der Waals surface area contributed by atoms with Gasteiger partial charge in [-0.2, -0.15) is 0 Å². The van der Waals surface area contributed by atoms with E-state index in [1.165, 1.54) is 63.4 Å². The zero-order valence-corrected chi connectivity index (χ0v) is 22.8. The highest BCUT2D eigenvalue weighted by Crippen LogP contribution is 2.53. The molecule has 6 nitrogen and oxygen atoms in total. The lowest BCUT2D eigenvalue weighted by atomic mass is 9.85. The zero-order valence-electron chi connectivity index (χ0n) is 21.2. The first-order chi connectivity index (χ1) is 18.6. The Morgan fingerprint density at radius 2 is 1.55 bits per heavy atom. The number of aromatic nitrogens is 2. The monoisotopic (exact) mass is 543 g/mol. The first-order valence-corrected chi connectivity index (χ1v) is 15.8. The molecule has 4 atom stereocenters. The van der Waals surface area contributed by atoms with Gasteiger partial charge in [0.1, 0.15) is 0 Å². The number of imide groups is 1. The smallest absolute Gasteiger partial charge is 0.241 e. The van der Waals surface area contributed by atoms with Gasteiger partial charge in [0.25, 0.3) is 0 Å². The Kier molecular flexibility index (Phi) is 5.28. The van der Waals surface area contributed by atoms with Gasteiger partial charge in [-0.1, -0.05) is 23.9 Å². The Morgan fingerprint density at radius 1 is 0.921 bits per heavy atom. The van der Waals surface area contributed by atoms with Crippen LogP contribution in [0.2, 0.25) is 0 Å². The van der Waals surface area contributed by atoms with Crippen molar-refractivity contribution in [2.24, 2.45) is 23.7 Å². The van der Waals surface area contributed by atoms with E-state index >= 15 is 0 Å². The molecule has 2 amide bonds. The number of benzene rings is 1. The lowest BCUT2D eigenvalue weighted by molar-refractivity contribution is -0.123. The third kappa shape index (κ3) is 3.32. The molecule has 2 bridgehead atoms. The zero-order chi connectivity index (χ0) is 25.5. The number of hydrogen-bond acceptors (Lipinski definition) is 6. The van der Waals surface area contributed by atoms with Gasteiger partial charge in [-0.25, -0.2) is 9.88 Å². The molecule has 1 aromatic carbocycles. The maximum Gasteiger partial charge on any atom is 0.241 e. The molecule has 3 heterocycles. The minimum Gasteiger partial charge on any atom is -0.287 e. The minimum absolute atomic E-state index is 0.0562. The van der Waals surface area contributed by atoms with Crippen molar-refractivity contribution in [2.45, 2.75) is 62.1 Å². The lowest BCUT2D eigenvalue weighted by Gasteiger charge is -2.17. The molecule has 4 aliphatic carbocycles. The average molecular weight is 544 g/mol. The summed E-state index contributed by atoms with van der Waals surface area (Å²) in [6.45, 7) is 0. The van der Waals surface area contributed by atoms with E-state index in [2.05, 4.69) is 16.7 Å². The minimum atomic E-state index is -0.197. The molecule has 38 heavy (non-hydrogen) atoms. The molecular weight excluding hydrogens is 514 g/mol. The summed E-state index contributed by atoms with van der Waals surface area (Å²) >= 11 is 3.03. The van der Waals surface area contributed by atoms with Crippen LogP contribution >= 0.6 is 23.1 Å². The van der Waals surface area contributed by atoms with Crippen LogP contribution in [-0.4, -0.2) is 33.0 Å². The molecule has 0 N–H and O–H groups in total. The van der Waals surface area contributed by atoms with E-state index in [-0.39, 0.29) is 41.4 Å². The number of fused-ring (bicyclic) bond motifs is 9. The van der Waals surface area contributed by atoms with Crippen LogP contribution in [0.25, 0.3) is 10.2 Å². The molecule has 8 heteroatoms. The van der Waals surface area contributed by atoms with Crippen molar-refractivity contribution in [3.8, 4) is 0 Å². The average Bonchev–Trinajstić information content (AvgIpc) is 3.74. The largest absolute Gasteiger partial charge is 0.287 e. The van der Waals surface area contributed by atoms with Gasteiger partial charge in [0.05, 0.1) is 33.5 Å². The van der Waals surface area contributed by atoms with E-state index < -0.39 is 0 Å².